The summed E-state index contributed by atoms with van der Waals surface area (Å²) in [4.78, 5) is 0. The van der Waals surface area contributed by atoms with Crippen LogP contribution in [0.15, 0.2) is 22.4 Å². The smallest absolute Gasteiger partial charge is 0.0167 e. The summed E-state index contributed by atoms with van der Waals surface area (Å²) < 4.78 is 0. The van der Waals surface area contributed by atoms with Gasteiger partial charge in [-0.3, -0.25) is 0 Å². The average molecular weight is 209 g/mol. The van der Waals surface area contributed by atoms with Crippen molar-refractivity contribution >= 4 is 0 Å². The third-order valence-electron chi connectivity index (χ3n) is 3.16. The second-order valence-electron chi connectivity index (χ2n) is 5.22. The zero-order valence-electron chi connectivity index (χ0n) is 11.5. The van der Waals surface area contributed by atoms with Crippen LogP contribution < -0.4 is 5.73 Å². The lowest BCUT2D eigenvalue weighted by Crippen LogP contribution is -2.19. The SMILES string of the molecule is CCC(CC)=C(C)/C(C)=C(/N)C(C)(C)C. The second kappa shape index (κ2) is 5.39. The van der Waals surface area contributed by atoms with E-state index in [2.05, 4.69) is 48.5 Å². The van der Waals surface area contributed by atoms with E-state index < -0.39 is 0 Å². The van der Waals surface area contributed by atoms with Crippen LogP contribution in [0.2, 0.25) is 0 Å². The molecule has 0 fully saturated rings. The summed E-state index contributed by atoms with van der Waals surface area (Å²) in [7, 11) is 0. The molecule has 0 aliphatic rings. The molecule has 1 nitrogen and oxygen atoms in total. The van der Waals surface area contributed by atoms with E-state index in [4.69, 9.17) is 5.73 Å². The van der Waals surface area contributed by atoms with E-state index in [9.17, 15) is 0 Å². The lowest BCUT2D eigenvalue weighted by molar-refractivity contribution is 0.492. The maximum atomic E-state index is 6.19. The molecule has 0 rings (SSSR count). The van der Waals surface area contributed by atoms with Crippen LogP contribution in [0.25, 0.3) is 0 Å². The highest BCUT2D eigenvalue weighted by Gasteiger charge is 2.17. The van der Waals surface area contributed by atoms with Gasteiger partial charge in [0, 0.05) is 11.1 Å². The minimum absolute atomic E-state index is 0.0674. The Kier molecular flexibility index (Phi) is 5.13. The average Bonchev–Trinajstić information content (AvgIpc) is 2.15. The molecule has 0 saturated carbocycles. The fourth-order valence-electron chi connectivity index (χ4n) is 1.81. The van der Waals surface area contributed by atoms with E-state index in [1.54, 1.807) is 0 Å². The summed E-state index contributed by atoms with van der Waals surface area (Å²) in [6.07, 6.45) is 2.24. The molecule has 0 spiro atoms. The van der Waals surface area contributed by atoms with E-state index in [0.717, 1.165) is 18.5 Å². The molecule has 0 aliphatic carbocycles. The molecular formula is C14H27N. The maximum Gasteiger partial charge on any atom is 0.0167 e. The van der Waals surface area contributed by atoms with Crippen molar-refractivity contribution in [3.63, 3.8) is 0 Å². The predicted molar refractivity (Wildman–Crippen MR) is 69.6 cm³/mol. The van der Waals surface area contributed by atoms with Crippen LogP contribution in [0.5, 0.6) is 0 Å². The number of hydrogen-bond donors (Lipinski definition) is 1. The van der Waals surface area contributed by atoms with Gasteiger partial charge in [0.1, 0.15) is 0 Å². The van der Waals surface area contributed by atoms with Crippen LogP contribution in [-0.4, -0.2) is 0 Å². The van der Waals surface area contributed by atoms with E-state index >= 15 is 0 Å². The quantitative estimate of drug-likeness (QED) is 0.685. The van der Waals surface area contributed by atoms with Gasteiger partial charge < -0.3 is 5.73 Å². The molecule has 0 radical (unpaired) electrons. The van der Waals surface area contributed by atoms with Gasteiger partial charge in [-0.2, -0.15) is 0 Å². The van der Waals surface area contributed by atoms with Gasteiger partial charge in [0.25, 0.3) is 0 Å². The fraction of sp³-hybridized carbons (Fsp3) is 0.714. The Balaban J connectivity index is 5.33. The van der Waals surface area contributed by atoms with Gasteiger partial charge in [-0.05, 0) is 37.8 Å². The van der Waals surface area contributed by atoms with Gasteiger partial charge in [0.15, 0.2) is 0 Å². The lowest BCUT2D eigenvalue weighted by Gasteiger charge is -2.23. The van der Waals surface area contributed by atoms with Crippen LogP contribution >= 0.6 is 0 Å². The Morgan fingerprint density at radius 3 is 1.60 bits per heavy atom. The Labute approximate surface area is 95.4 Å². The molecular weight excluding hydrogens is 182 g/mol. The minimum Gasteiger partial charge on any atom is -0.401 e. The first-order valence-electron chi connectivity index (χ1n) is 5.91. The van der Waals surface area contributed by atoms with E-state index in [0.29, 0.717) is 0 Å². The monoisotopic (exact) mass is 209 g/mol. The molecule has 88 valence electrons. The third-order valence-corrected chi connectivity index (χ3v) is 3.16. The zero-order chi connectivity index (χ0) is 12.2. The first-order valence-corrected chi connectivity index (χ1v) is 5.91. The molecule has 15 heavy (non-hydrogen) atoms. The number of rotatable bonds is 3. The second-order valence-corrected chi connectivity index (χ2v) is 5.22. The summed E-state index contributed by atoms with van der Waals surface area (Å²) in [5.41, 5.74) is 11.4. The van der Waals surface area contributed by atoms with Gasteiger partial charge >= 0.3 is 0 Å². The minimum atomic E-state index is 0.0674. The Morgan fingerprint density at radius 2 is 1.33 bits per heavy atom. The van der Waals surface area contributed by atoms with Crippen molar-refractivity contribution in [2.24, 2.45) is 11.1 Å². The summed E-state index contributed by atoms with van der Waals surface area (Å²) >= 11 is 0. The number of allylic oxidation sites excluding steroid dienone is 4. The lowest BCUT2D eigenvalue weighted by atomic mass is 9.86. The Bertz CT molecular complexity index is 268. The fourth-order valence-corrected chi connectivity index (χ4v) is 1.81. The molecule has 0 aliphatic heterocycles. The zero-order valence-corrected chi connectivity index (χ0v) is 11.5. The van der Waals surface area contributed by atoms with Crippen LogP contribution in [0, 0.1) is 5.41 Å². The molecule has 0 aromatic carbocycles. The summed E-state index contributed by atoms with van der Waals surface area (Å²) in [5.74, 6) is 0. The van der Waals surface area contributed by atoms with E-state index in [-0.39, 0.29) is 5.41 Å². The molecule has 0 atom stereocenters. The molecule has 0 amide bonds. The van der Waals surface area contributed by atoms with Crippen molar-refractivity contribution in [3.05, 3.63) is 22.4 Å². The molecule has 0 heterocycles. The van der Waals surface area contributed by atoms with Crippen molar-refractivity contribution in [1.29, 1.82) is 0 Å². The van der Waals surface area contributed by atoms with Crippen molar-refractivity contribution in [2.75, 3.05) is 0 Å². The first-order chi connectivity index (χ1) is 6.75. The van der Waals surface area contributed by atoms with Crippen molar-refractivity contribution < 1.29 is 0 Å². The highest BCUT2D eigenvalue weighted by molar-refractivity contribution is 5.36. The first kappa shape index (κ1) is 14.3. The van der Waals surface area contributed by atoms with Crippen molar-refractivity contribution in [3.8, 4) is 0 Å². The van der Waals surface area contributed by atoms with Gasteiger partial charge in [0.2, 0.25) is 0 Å². The van der Waals surface area contributed by atoms with Gasteiger partial charge in [0.05, 0.1) is 0 Å². The highest BCUT2D eigenvalue weighted by Crippen LogP contribution is 2.28. The molecule has 0 aromatic rings. The molecule has 0 bridgehead atoms. The van der Waals surface area contributed by atoms with Gasteiger partial charge in [-0.15, -0.1) is 0 Å². The van der Waals surface area contributed by atoms with E-state index in [1.165, 1.54) is 16.7 Å². The van der Waals surface area contributed by atoms with Crippen LogP contribution in [0.3, 0.4) is 0 Å². The van der Waals surface area contributed by atoms with Crippen LogP contribution in [-0.2, 0) is 0 Å². The Morgan fingerprint density at radius 1 is 0.933 bits per heavy atom. The third kappa shape index (κ3) is 3.73. The maximum absolute atomic E-state index is 6.19. The molecule has 0 unspecified atom stereocenters. The molecule has 0 saturated heterocycles. The Hall–Kier alpha value is -0.720. The largest absolute Gasteiger partial charge is 0.401 e. The molecule has 1 heteroatoms. The number of nitrogens with two attached hydrogens (primary N) is 1. The summed E-state index contributed by atoms with van der Waals surface area (Å²) in [5, 5.41) is 0. The standard InChI is InChI=1S/C14H27N/c1-8-12(9-2)10(3)11(4)13(15)14(5,6)7/h8-9,15H2,1-7H3/b13-11+. The predicted octanol–water partition coefficient (Wildman–Crippen LogP) is 4.40. The summed E-state index contributed by atoms with van der Waals surface area (Å²) in [6, 6.07) is 0. The van der Waals surface area contributed by atoms with Crippen molar-refractivity contribution in [2.45, 2.75) is 61.3 Å². The van der Waals surface area contributed by atoms with Crippen LogP contribution in [0.4, 0.5) is 0 Å². The summed E-state index contributed by atoms with van der Waals surface area (Å²) in [6.45, 7) is 15.2. The molecule has 2 N–H and O–H groups in total. The van der Waals surface area contributed by atoms with Crippen molar-refractivity contribution in [1.82, 2.24) is 0 Å². The van der Waals surface area contributed by atoms with Gasteiger partial charge in [-0.1, -0.05) is 40.2 Å². The van der Waals surface area contributed by atoms with E-state index in [1.807, 2.05) is 0 Å². The normalized spacial score (nSPS) is 13.5. The van der Waals surface area contributed by atoms with Gasteiger partial charge in [-0.25, -0.2) is 0 Å². The van der Waals surface area contributed by atoms with Crippen LogP contribution in [0.1, 0.15) is 61.3 Å². The highest BCUT2D eigenvalue weighted by atomic mass is 14.6. The molecule has 0 aromatic heterocycles. The number of hydrogen-bond acceptors (Lipinski definition) is 1. The topological polar surface area (TPSA) is 26.0 Å².